The fourth-order valence-electron chi connectivity index (χ4n) is 3.36. The molecule has 0 aliphatic rings. The molecule has 1 unspecified atom stereocenters. The standard InChI is InChI=1S/C25H22N2O4S/c1-18-8-5-12-21(16-18)27-32(29,30)22-13-6-11-20(17-22)25(28)26-24(23-14-7-15-31-23)19-9-3-2-4-10-19/h2-17,24,27H,1H3,(H,26,28). The molecule has 0 spiro atoms. The van der Waals surface area contributed by atoms with Gasteiger partial charge in [-0.15, -0.1) is 0 Å². The van der Waals surface area contributed by atoms with Gasteiger partial charge in [0.1, 0.15) is 11.8 Å². The maximum absolute atomic E-state index is 13.0. The van der Waals surface area contributed by atoms with Crippen molar-refractivity contribution in [3.63, 3.8) is 0 Å². The van der Waals surface area contributed by atoms with E-state index in [1.807, 2.05) is 43.3 Å². The minimum Gasteiger partial charge on any atom is -0.467 e. The van der Waals surface area contributed by atoms with Crippen molar-refractivity contribution in [1.29, 1.82) is 0 Å². The molecular formula is C25H22N2O4S. The second-order valence-corrected chi connectivity index (χ2v) is 9.02. The Balaban J connectivity index is 1.59. The van der Waals surface area contributed by atoms with E-state index in [1.165, 1.54) is 12.1 Å². The van der Waals surface area contributed by atoms with Crippen LogP contribution in [0.3, 0.4) is 0 Å². The Morgan fingerprint density at radius 2 is 1.66 bits per heavy atom. The molecule has 0 saturated heterocycles. The number of hydrogen-bond donors (Lipinski definition) is 2. The highest BCUT2D eigenvalue weighted by Crippen LogP contribution is 2.24. The Bertz CT molecular complexity index is 1320. The van der Waals surface area contributed by atoms with Crippen LogP contribution in [0.25, 0.3) is 0 Å². The van der Waals surface area contributed by atoms with Crippen LogP contribution >= 0.6 is 0 Å². The van der Waals surface area contributed by atoms with E-state index in [2.05, 4.69) is 10.0 Å². The van der Waals surface area contributed by atoms with Crippen molar-refractivity contribution in [2.75, 3.05) is 4.72 Å². The lowest BCUT2D eigenvalue weighted by Crippen LogP contribution is -2.29. The summed E-state index contributed by atoms with van der Waals surface area (Å²) in [4.78, 5) is 13.0. The summed E-state index contributed by atoms with van der Waals surface area (Å²) in [7, 11) is -3.86. The zero-order valence-electron chi connectivity index (χ0n) is 17.4. The summed E-state index contributed by atoms with van der Waals surface area (Å²) in [6.07, 6.45) is 1.54. The normalized spacial score (nSPS) is 12.2. The van der Waals surface area contributed by atoms with Gasteiger partial charge in [0.05, 0.1) is 11.2 Å². The second kappa shape index (κ2) is 9.11. The number of anilines is 1. The maximum atomic E-state index is 13.0. The van der Waals surface area contributed by atoms with Crippen molar-refractivity contribution in [2.24, 2.45) is 0 Å². The third-order valence-corrected chi connectivity index (χ3v) is 6.29. The lowest BCUT2D eigenvalue weighted by molar-refractivity contribution is 0.0938. The molecule has 1 amide bonds. The molecule has 1 aromatic heterocycles. The summed E-state index contributed by atoms with van der Waals surface area (Å²) in [5, 5.41) is 2.94. The third kappa shape index (κ3) is 4.90. The van der Waals surface area contributed by atoms with Crippen LogP contribution in [0.4, 0.5) is 5.69 Å². The zero-order valence-corrected chi connectivity index (χ0v) is 18.2. The van der Waals surface area contributed by atoms with E-state index in [1.54, 1.807) is 48.7 Å². The lowest BCUT2D eigenvalue weighted by Gasteiger charge is -2.17. The largest absolute Gasteiger partial charge is 0.467 e. The smallest absolute Gasteiger partial charge is 0.261 e. The predicted octanol–water partition coefficient (Wildman–Crippen LogP) is 4.91. The molecule has 0 aliphatic carbocycles. The number of hydrogen-bond acceptors (Lipinski definition) is 4. The first-order valence-corrected chi connectivity index (χ1v) is 11.5. The van der Waals surface area contributed by atoms with Gasteiger partial charge in [0, 0.05) is 11.3 Å². The summed E-state index contributed by atoms with van der Waals surface area (Å²) in [6, 6.07) is 25.4. The van der Waals surface area contributed by atoms with Gasteiger partial charge >= 0.3 is 0 Å². The van der Waals surface area contributed by atoms with Crippen molar-refractivity contribution in [2.45, 2.75) is 17.9 Å². The van der Waals surface area contributed by atoms with E-state index in [-0.39, 0.29) is 10.5 Å². The lowest BCUT2D eigenvalue weighted by atomic mass is 10.0. The fraction of sp³-hybridized carbons (Fsp3) is 0.0800. The second-order valence-electron chi connectivity index (χ2n) is 7.34. The van der Waals surface area contributed by atoms with Crippen LogP contribution in [-0.4, -0.2) is 14.3 Å². The van der Waals surface area contributed by atoms with Crippen LogP contribution in [0, 0.1) is 6.92 Å². The first-order chi connectivity index (χ1) is 15.4. The molecule has 6 nitrogen and oxygen atoms in total. The summed E-state index contributed by atoms with van der Waals surface area (Å²) in [5.74, 6) is 0.164. The Morgan fingerprint density at radius 3 is 2.38 bits per heavy atom. The van der Waals surface area contributed by atoms with Crippen molar-refractivity contribution in [3.05, 3.63) is 120 Å². The number of amides is 1. The van der Waals surface area contributed by atoms with Crippen molar-refractivity contribution in [1.82, 2.24) is 5.32 Å². The van der Waals surface area contributed by atoms with Crippen LogP contribution in [0.5, 0.6) is 0 Å². The SMILES string of the molecule is Cc1cccc(NS(=O)(=O)c2cccc(C(=O)NC(c3ccccc3)c3ccco3)c2)c1. The highest BCUT2D eigenvalue weighted by Gasteiger charge is 2.22. The molecule has 32 heavy (non-hydrogen) atoms. The van der Waals surface area contributed by atoms with Gasteiger partial charge in [0.15, 0.2) is 0 Å². The minimum atomic E-state index is -3.86. The van der Waals surface area contributed by atoms with Crippen LogP contribution in [-0.2, 0) is 10.0 Å². The number of rotatable bonds is 7. The Labute approximate surface area is 187 Å². The molecular weight excluding hydrogens is 424 g/mol. The van der Waals surface area contributed by atoms with Crippen LogP contribution in [0.15, 0.2) is 107 Å². The molecule has 4 rings (SSSR count). The van der Waals surface area contributed by atoms with E-state index in [0.29, 0.717) is 11.4 Å². The van der Waals surface area contributed by atoms with Gasteiger partial charge in [0.25, 0.3) is 15.9 Å². The van der Waals surface area contributed by atoms with Gasteiger partial charge in [-0.2, -0.15) is 0 Å². The van der Waals surface area contributed by atoms with E-state index in [9.17, 15) is 13.2 Å². The number of sulfonamides is 1. The summed E-state index contributed by atoms with van der Waals surface area (Å²) in [5.41, 5.74) is 2.47. The van der Waals surface area contributed by atoms with E-state index < -0.39 is 22.0 Å². The van der Waals surface area contributed by atoms with E-state index in [4.69, 9.17) is 4.42 Å². The van der Waals surface area contributed by atoms with E-state index >= 15 is 0 Å². The first kappa shape index (κ1) is 21.4. The molecule has 0 bridgehead atoms. The molecule has 4 aromatic rings. The monoisotopic (exact) mass is 446 g/mol. The molecule has 0 aliphatic heterocycles. The van der Waals surface area contributed by atoms with Crippen molar-refractivity contribution < 1.29 is 17.6 Å². The average Bonchev–Trinajstić information content (AvgIpc) is 3.32. The maximum Gasteiger partial charge on any atom is 0.261 e. The van der Waals surface area contributed by atoms with Gasteiger partial charge in [-0.3, -0.25) is 9.52 Å². The minimum absolute atomic E-state index is 0.000848. The molecule has 3 aromatic carbocycles. The first-order valence-electron chi connectivity index (χ1n) is 10.0. The Hall–Kier alpha value is -3.84. The molecule has 1 heterocycles. The number of carbonyl (C=O) groups is 1. The van der Waals surface area contributed by atoms with Crippen LogP contribution < -0.4 is 10.0 Å². The highest BCUT2D eigenvalue weighted by molar-refractivity contribution is 7.92. The van der Waals surface area contributed by atoms with E-state index in [0.717, 1.165) is 11.1 Å². The number of furan rings is 1. The quantitative estimate of drug-likeness (QED) is 0.422. The summed E-state index contributed by atoms with van der Waals surface area (Å²) >= 11 is 0. The van der Waals surface area contributed by atoms with Gasteiger partial charge in [-0.05, 0) is 60.5 Å². The van der Waals surface area contributed by atoms with Gasteiger partial charge in [0.2, 0.25) is 0 Å². The summed E-state index contributed by atoms with van der Waals surface area (Å²) < 4.78 is 33.8. The highest BCUT2D eigenvalue weighted by atomic mass is 32.2. The molecule has 7 heteroatoms. The van der Waals surface area contributed by atoms with Crippen molar-refractivity contribution in [3.8, 4) is 0 Å². The summed E-state index contributed by atoms with van der Waals surface area (Å²) in [6.45, 7) is 1.88. The molecule has 0 saturated carbocycles. The molecule has 2 N–H and O–H groups in total. The van der Waals surface area contributed by atoms with Crippen molar-refractivity contribution >= 4 is 21.6 Å². The Kier molecular flexibility index (Phi) is 6.09. The topological polar surface area (TPSA) is 88.4 Å². The number of aryl methyl sites for hydroxylation is 1. The molecule has 0 fully saturated rings. The third-order valence-electron chi connectivity index (χ3n) is 4.91. The molecule has 0 radical (unpaired) electrons. The number of nitrogens with one attached hydrogen (secondary N) is 2. The van der Waals surface area contributed by atoms with Gasteiger partial charge in [-0.1, -0.05) is 48.5 Å². The average molecular weight is 447 g/mol. The predicted molar refractivity (Wildman–Crippen MR) is 123 cm³/mol. The van der Waals surface area contributed by atoms with Gasteiger partial charge < -0.3 is 9.73 Å². The zero-order chi connectivity index (χ0) is 22.6. The van der Waals surface area contributed by atoms with Crippen LogP contribution in [0.2, 0.25) is 0 Å². The van der Waals surface area contributed by atoms with Gasteiger partial charge in [-0.25, -0.2) is 8.42 Å². The molecule has 1 atom stereocenters. The Morgan fingerprint density at radius 1 is 0.875 bits per heavy atom. The number of benzene rings is 3. The molecule has 162 valence electrons. The van der Waals surface area contributed by atoms with Crippen LogP contribution in [0.1, 0.15) is 33.3 Å². The number of carbonyl (C=O) groups excluding carboxylic acids is 1. The fourth-order valence-corrected chi connectivity index (χ4v) is 4.46.